The molecular formula is C19H17ClFN3O2S2. The highest BCUT2D eigenvalue weighted by molar-refractivity contribution is 7.98. The SMILES string of the molecule is O=C(CCSCc1nc2sc3c(c2c(=O)[nH]1)CCC3)Nc1ccc(Cl)cc1F. The number of benzene rings is 1. The van der Waals surface area contributed by atoms with Crippen LogP contribution in [0.1, 0.15) is 29.1 Å². The highest BCUT2D eigenvalue weighted by Gasteiger charge is 2.21. The molecule has 4 rings (SSSR count). The maximum Gasteiger partial charge on any atom is 0.259 e. The molecule has 5 nitrogen and oxygen atoms in total. The van der Waals surface area contributed by atoms with Crippen LogP contribution in [0.3, 0.4) is 0 Å². The monoisotopic (exact) mass is 437 g/mol. The standard InChI is InChI=1S/C19H17ClFN3O2S2/c20-10-4-5-13(12(21)8-10)22-16(25)6-7-27-9-15-23-18(26)17-11-2-1-3-14(11)28-19(17)24-15/h4-5,8H,1-3,6-7,9H2,(H,22,25)(H,23,24,26). The summed E-state index contributed by atoms with van der Waals surface area (Å²) < 4.78 is 13.7. The Morgan fingerprint density at radius 1 is 1.39 bits per heavy atom. The molecular weight excluding hydrogens is 421 g/mol. The number of amides is 1. The van der Waals surface area contributed by atoms with Crippen LogP contribution in [0.2, 0.25) is 5.02 Å². The number of anilines is 1. The largest absolute Gasteiger partial charge is 0.324 e. The third-order valence-corrected chi connectivity index (χ3v) is 6.93. The van der Waals surface area contributed by atoms with Gasteiger partial charge in [0.1, 0.15) is 16.5 Å². The second kappa shape index (κ2) is 8.23. The molecule has 28 heavy (non-hydrogen) atoms. The molecule has 2 heterocycles. The van der Waals surface area contributed by atoms with Gasteiger partial charge in [-0.1, -0.05) is 11.6 Å². The van der Waals surface area contributed by atoms with E-state index in [-0.39, 0.29) is 28.6 Å². The molecule has 0 atom stereocenters. The van der Waals surface area contributed by atoms with Gasteiger partial charge in [-0.05, 0) is 43.0 Å². The number of thiophene rings is 1. The van der Waals surface area contributed by atoms with Crippen LogP contribution in [0, 0.1) is 5.82 Å². The lowest BCUT2D eigenvalue weighted by Gasteiger charge is -2.06. The molecule has 146 valence electrons. The number of aryl methyl sites for hydroxylation is 2. The molecule has 0 saturated heterocycles. The lowest BCUT2D eigenvalue weighted by Crippen LogP contribution is -2.14. The van der Waals surface area contributed by atoms with Gasteiger partial charge in [-0.2, -0.15) is 11.8 Å². The number of halogens is 2. The van der Waals surface area contributed by atoms with Crippen LogP contribution < -0.4 is 10.9 Å². The van der Waals surface area contributed by atoms with Gasteiger partial charge in [-0.15, -0.1) is 11.3 Å². The van der Waals surface area contributed by atoms with Crippen LogP contribution in [0.4, 0.5) is 10.1 Å². The topological polar surface area (TPSA) is 74.8 Å². The van der Waals surface area contributed by atoms with Gasteiger partial charge in [-0.25, -0.2) is 9.37 Å². The smallest absolute Gasteiger partial charge is 0.259 e. The van der Waals surface area contributed by atoms with Gasteiger partial charge in [0.15, 0.2) is 0 Å². The zero-order valence-electron chi connectivity index (χ0n) is 14.8. The fraction of sp³-hybridized carbons (Fsp3) is 0.316. The molecule has 0 spiro atoms. The fourth-order valence-corrected chi connectivity index (χ4v) is 5.50. The van der Waals surface area contributed by atoms with Crippen molar-refractivity contribution in [1.82, 2.24) is 9.97 Å². The van der Waals surface area contributed by atoms with Gasteiger partial charge in [-0.3, -0.25) is 9.59 Å². The Balaban J connectivity index is 1.31. The predicted octanol–water partition coefficient (Wildman–Crippen LogP) is 4.53. The van der Waals surface area contributed by atoms with Gasteiger partial charge < -0.3 is 10.3 Å². The van der Waals surface area contributed by atoms with E-state index in [2.05, 4.69) is 15.3 Å². The minimum absolute atomic E-state index is 0.0732. The van der Waals surface area contributed by atoms with Gasteiger partial charge >= 0.3 is 0 Å². The number of fused-ring (bicyclic) bond motifs is 3. The van der Waals surface area contributed by atoms with Gasteiger partial charge in [0.05, 0.1) is 16.8 Å². The molecule has 0 aliphatic heterocycles. The number of hydrogen-bond donors (Lipinski definition) is 2. The van der Waals surface area contributed by atoms with E-state index in [1.807, 2.05) is 0 Å². The zero-order valence-corrected chi connectivity index (χ0v) is 17.2. The van der Waals surface area contributed by atoms with Crippen LogP contribution in [0.5, 0.6) is 0 Å². The van der Waals surface area contributed by atoms with Crippen molar-refractivity contribution < 1.29 is 9.18 Å². The Hall–Kier alpha value is -1.90. The Morgan fingerprint density at radius 2 is 2.25 bits per heavy atom. The van der Waals surface area contributed by atoms with Crippen molar-refractivity contribution in [2.75, 3.05) is 11.1 Å². The molecule has 0 fully saturated rings. The minimum atomic E-state index is -0.563. The Morgan fingerprint density at radius 3 is 3.07 bits per heavy atom. The quantitative estimate of drug-likeness (QED) is 0.555. The first kappa shape index (κ1) is 19.4. The van der Waals surface area contributed by atoms with E-state index in [9.17, 15) is 14.0 Å². The van der Waals surface area contributed by atoms with Crippen LogP contribution in [-0.4, -0.2) is 21.6 Å². The maximum atomic E-state index is 13.7. The summed E-state index contributed by atoms with van der Waals surface area (Å²) in [5.41, 5.74) is 1.21. The molecule has 0 bridgehead atoms. The fourth-order valence-electron chi connectivity index (χ4n) is 3.25. The number of hydrogen-bond acceptors (Lipinski definition) is 5. The summed E-state index contributed by atoms with van der Waals surface area (Å²) in [6.07, 6.45) is 3.32. The Labute approximate surface area is 173 Å². The van der Waals surface area contributed by atoms with Crippen molar-refractivity contribution in [1.29, 1.82) is 0 Å². The Bertz CT molecular complexity index is 1110. The van der Waals surface area contributed by atoms with Crippen molar-refractivity contribution >= 4 is 56.5 Å². The molecule has 9 heteroatoms. The zero-order chi connectivity index (χ0) is 19.7. The molecule has 0 unspecified atom stereocenters. The summed E-state index contributed by atoms with van der Waals surface area (Å²) in [4.78, 5) is 33.9. The second-order valence-corrected chi connectivity index (χ2v) is 9.15. The summed E-state index contributed by atoms with van der Waals surface area (Å²) in [6, 6.07) is 4.11. The summed E-state index contributed by atoms with van der Waals surface area (Å²) in [5.74, 6) is 0.818. The van der Waals surface area contributed by atoms with Crippen molar-refractivity contribution in [2.45, 2.75) is 31.4 Å². The average Bonchev–Trinajstić information content (AvgIpc) is 3.22. The van der Waals surface area contributed by atoms with E-state index in [1.54, 1.807) is 11.3 Å². The van der Waals surface area contributed by atoms with E-state index in [4.69, 9.17) is 11.6 Å². The number of carbonyl (C=O) groups excluding carboxylic acids is 1. The normalized spacial score (nSPS) is 13.1. The summed E-state index contributed by atoms with van der Waals surface area (Å²) in [5, 5.41) is 3.56. The van der Waals surface area contributed by atoms with E-state index in [0.717, 1.165) is 35.5 Å². The van der Waals surface area contributed by atoms with Crippen molar-refractivity contribution in [3.05, 3.63) is 55.7 Å². The van der Waals surface area contributed by atoms with Crippen molar-refractivity contribution in [3.63, 3.8) is 0 Å². The van der Waals surface area contributed by atoms with Crippen LogP contribution in [0.15, 0.2) is 23.0 Å². The number of H-pyrrole nitrogens is 1. The highest BCUT2D eigenvalue weighted by Crippen LogP contribution is 2.34. The van der Waals surface area contributed by atoms with Crippen molar-refractivity contribution in [3.8, 4) is 0 Å². The third-order valence-electron chi connectivity index (χ3n) is 4.54. The first-order chi connectivity index (χ1) is 13.5. The van der Waals surface area contributed by atoms with E-state index < -0.39 is 5.82 Å². The second-order valence-electron chi connectivity index (χ2n) is 6.53. The van der Waals surface area contributed by atoms with E-state index in [0.29, 0.717) is 17.3 Å². The van der Waals surface area contributed by atoms with Crippen LogP contribution >= 0.6 is 34.7 Å². The number of carbonyl (C=O) groups is 1. The number of aromatic nitrogens is 2. The summed E-state index contributed by atoms with van der Waals surface area (Å²) in [6.45, 7) is 0. The molecule has 1 aliphatic rings. The molecule has 2 N–H and O–H groups in total. The maximum absolute atomic E-state index is 13.7. The first-order valence-electron chi connectivity index (χ1n) is 8.87. The molecule has 0 saturated carbocycles. The Kier molecular flexibility index (Phi) is 5.70. The lowest BCUT2D eigenvalue weighted by molar-refractivity contribution is -0.115. The number of nitrogens with one attached hydrogen (secondary N) is 2. The van der Waals surface area contributed by atoms with Gasteiger partial charge in [0, 0.05) is 22.1 Å². The molecule has 1 aromatic carbocycles. The number of aromatic amines is 1. The average molecular weight is 438 g/mol. The first-order valence-corrected chi connectivity index (χ1v) is 11.2. The lowest BCUT2D eigenvalue weighted by atomic mass is 10.2. The van der Waals surface area contributed by atoms with E-state index >= 15 is 0 Å². The van der Waals surface area contributed by atoms with E-state index in [1.165, 1.54) is 34.3 Å². The molecule has 1 aliphatic carbocycles. The highest BCUT2D eigenvalue weighted by atomic mass is 35.5. The number of nitrogens with zero attached hydrogens (tertiary/aromatic N) is 1. The van der Waals surface area contributed by atoms with Crippen molar-refractivity contribution in [2.24, 2.45) is 0 Å². The number of rotatable bonds is 6. The molecule has 0 radical (unpaired) electrons. The minimum Gasteiger partial charge on any atom is -0.324 e. The van der Waals surface area contributed by atoms with Gasteiger partial charge in [0.2, 0.25) is 5.91 Å². The molecule has 1 amide bonds. The summed E-state index contributed by atoms with van der Waals surface area (Å²) >= 11 is 8.81. The molecule has 3 aromatic rings. The third kappa shape index (κ3) is 4.09. The summed E-state index contributed by atoms with van der Waals surface area (Å²) in [7, 11) is 0. The predicted molar refractivity (Wildman–Crippen MR) is 113 cm³/mol. The number of thioether (sulfide) groups is 1. The van der Waals surface area contributed by atoms with Crippen LogP contribution in [-0.2, 0) is 23.4 Å². The van der Waals surface area contributed by atoms with Crippen LogP contribution in [0.25, 0.3) is 10.2 Å². The van der Waals surface area contributed by atoms with Gasteiger partial charge in [0.25, 0.3) is 5.56 Å². The molecule has 2 aromatic heterocycles.